The van der Waals surface area contributed by atoms with E-state index in [1.165, 1.54) is 11.8 Å². The van der Waals surface area contributed by atoms with Gasteiger partial charge in [-0.3, -0.25) is 9.59 Å². The summed E-state index contributed by atoms with van der Waals surface area (Å²) in [4.78, 5) is 24.3. The molecule has 0 aliphatic rings. The number of hydrogen-bond acceptors (Lipinski definition) is 2. The number of carboxylic acids is 1. The molecule has 1 rings (SSSR count). The van der Waals surface area contributed by atoms with E-state index in [0.29, 0.717) is 0 Å². The van der Waals surface area contributed by atoms with Crippen molar-refractivity contribution in [2.45, 2.75) is 27.2 Å². The van der Waals surface area contributed by atoms with Crippen LogP contribution in [0.2, 0.25) is 0 Å². The van der Waals surface area contributed by atoms with E-state index >= 15 is 0 Å². The van der Waals surface area contributed by atoms with Crippen LogP contribution in [0.25, 0.3) is 0 Å². The number of carbonyl (C=O) groups excluding carboxylic acids is 1. The zero-order chi connectivity index (χ0) is 13.9. The molecule has 1 unspecified atom stereocenters. The molecule has 0 fully saturated rings. The van der Waals surface area contributed by atoms with Crippen LogP contribution >= 0.6 is 0 Å². The number of benzene rings is 1. The summed E-state index contributed by atoms with van der Waals surface area (Å²) >= 11 is 0. The van der Waals surface area contributed by atoms with Gasteiger partial charge in [0.1, 0.15) is 0 Å². The number of aryl methyl sites for hydroxylation is 2. The Morgan fingerprint density at radius 3 is 2.50 bits per heavy atom. The lowest BCUT2D eigenvalue weighted by atomic mass is 10.1. The Labute approximate surface area is 107 Å². The summed E-state index contributed by atoms with van der Waals surface area (Å²) in [5, 5.41) is 8.81. The summed E-state index contributed by atoms with van der Waals surface area (Å²) in [6, 6.07) is 5.87. The second-order valence-electron chi connectivity index (χ2n) is 4.69. The number of hydrogen-bond donors (Lipinski definition) is 1. The quantitative estimate of drug-likeness (QED) is 0.891. The van der Waals surface area contributed by atoms with Crippen molar-refractivity contribution in [1.82, 2.24) is 0 Å². The molecule has 1 aromatic rings. The molecule has 0 spiro atoms. The first kappa shape index (κ1) is 14.2. The minimum Gasteiger partial charge on any atom is -0.481 e. The van der Waals surface area contributed by atoms with Crippen molar-refractivity contribution >= 4 is 17.6 Å². The standard InChI is InChI=1S/C14H19NO3/c1-9-5-6-10(2)12(7-9)15(4)13(16)8-11(3)14(17)18/h5-7,11H,8H2,1-4H3,(H,17,18). The highest BCUT2D eigenvalue weighted by Crippen LogP contribution is 2.21. The van der Waals surface area contributed by atoms with Gasteiger partial charge < -0.3 is 10.0 Å². The third-order valence-electron chi connectivity index (χ3n) is 3.00. The van der Waals surface area contributed by atoms with Gasteiger partial charge in [-0.25, -0.2) is 0 Å². The predicted octanol–water partition coefficient (Wildman–Crippen LogP) is 2.38. The normalized spacial score (nSPS) is 12.0. The van der Waals surface area contributed by atoms with Crippen molar-refractivity contribution in [3.05, 3.63) is 29.3 Å². The third kappa shape index (κ3) is 3.32. The molecule has 0 saturated heterocycles. The molecule has 18 heavy (non-hydrogen) atoms. The Balaban J connectivity index is 2.86. The molecule has 4 heteroatoms. The smallest absolute Gasteiger partial charge is 0.306 e. The van der Waals surface area contributed by atoms with Gasteiger partial charge in [-0.15, -0.1) is 0 Å². The van der Waals surface area contributed by atoms with Gasteiger partial charge in [-0.1, -0.05) is 19.1 Å². The summed E-state index contributed by atoms with van der Waals surface area (Å²) in [6.45, 7) is 5.43. The average molecular weight is 249 g/mol. The number of nitrogens with zero attached hydrogens (tertiary/aromatic N) is 1. The topological polar surface area (TPSA) is 57.6 Å². The molecule has 4 nitrogen and oxygen atoms in total. The maximum absolute atomic E-state index is 12.0. The zero-order valence-corrected chi connectivity index (χ0v) is 11.2. The van der Waals surface area contributed by atoms with Crippen molar-refractivity contribution in [2.75, 3.05) is 11.9 Å². The first-order valence-corrected chi connectivity index (χ1v) is 5.89. The Bertz CT molecular complexity index is 468. The Morgan fingerprint density at radius 2 is 1.94 bits per heavy atom. The van der Waals surface area contributed by atoms with E-state index in [2.05, 4.69) is 0 Å². The molecule has 1 atom stereocenters. The molecule has 0 aliphatic carbocycles. The van der Waals surface area contributed by atoms with Crippen molar-refractivity contribution in [3.63, 3.8) is 0 Å². The molecule has 1 amide bonds. The molecule has 0 saturated carbocycles. The number of carbonyl (C=O) groups is 2. The number of anilines is 1. The van der Waals surface area contributed by atoms with Gasteiger partial charge in [0, 0.05) is 19.2 Å². The average Bonchev–Trinajstić information content (AvgIpc) is 2.31. The van der Waals surface area contributed by atoms with E-state index in [1.54, 1.807) is 7.05 Å². The van der Waals surface area contributed by atoms with Gasteiger partial charge in [-0.2, -0.15) is 0 Å². The lowest BCUT2D eigenvalue weighted by Crippen LogP contribution is -2.30. The highest BCUT2D eigenvalue weighted by Gasteiger charge is 2.20. The van der Waals surface area contributed by atoms with Gasteiger partial charge in [0.15, 0.2) is 0 Å². The molecule has 0 radical (unpaired) electrons. The van der Waals surface area contributed by atoms with E-state index in [9.17, 15) is 9.59 Å². The van der Waals surface area contributed by atoms with Crippen LogP contribution < -0.4 is 4.90 Å². The highest BCUT2D eigenvalue weighted by atomic mass is 16.4. The molecule has 0 aliphatic heterocycles. The Morgan fingerprint density at radius 1 is 1.33 bits per heavy atom. The van der Waals surface area contributed by atoms with Crippen molar-refractivity contribution in [1.29, 1.82) is 0 Å². The predicted molar refractivity (Wildman–Crippen MR) is 70.7 cm³/mol. The highest BCUT2D eigenvalue weighted by molar-refractivity contribution is 5.95. The van der Waals surface area contributed by atoms with Gasteiger partial charge in [-0.05, 0) is 31.0 Å². The fourth-order valence-electron chi connectivity index (χ4n) is 1.70. The molecular weight excluding hydrogens is 230 g/mol. The maximum Gasteiger partial charge on any atom is 0.306 e. The van der Waals surface area contributed by atoms with E-state index < -0.39 is 11.9 Å². The second kappa shape index (κ2) is 5.67. The zero-order valence-electron chi connectivity index (χ0n) is 11.2. The van der Waals surface area contributed by atoms with Crippen LogP contribution in [-0.4, -0.2) is 24.0 Å². The van der Waals surface area contributed by atoms with Crippen molar-refractivity contribution in [3.8, 4) is 0 Å². The largest absolute Gasteiger partial charge is 0.481 e. The lowest BCUT2D eigenvalue weighted by molar-refractivity contribution is -0.143. The minimum absolute atomic E-state index is 0.0131. The van der Waals surface area contributed by atoms with Crippen LogP contribution in [0.4, 0.5) is 5.69 Å². The number of rotatable bonds is 4. The number of amides is 1. The fraction of sp³-hybridized carbons (Fsp3) is 0.429. The summed E-state index contributed by atoms with van der Waals surface area (Å²) in [5.41, 5.74) is 2.90. The van der Waals surface area contributed by atoms with Crippen LogP contribution in [0, 0.1) is 19.8 Å². The van der Waals surface area contributed by atoms with E-state index in [1.807, 2.05) is 32.0 Å². The number of aliphatic carboxylic acids is 1. The lowest BCUT2D eigenvalue weighted by Gasteiger charge is -2.21. The van der Waals surface area contributed by atoms with Crippen molar-refractivity contribution in [2.24, 2.45) is 5.92 Å². The van der Waals surface area contributed by atoms with Crippen LogP contribution in [0.5, 0.6) is 0 Å². The molecule has 1 N–H and O–H groups in total. The van der Waals surface area contributed by atoms with Crippen LogP contribution in [0.15, 0.2) is 18.2 Å². The van der Waals surface area contributed by atoms with Crippen molar-refractivity contribution < 1.29 is 14.7 Å². The number of carboxylic acid groups (broad SMARTS) is 1. The molecule has 0 bridgehead atoms. The first-order valence-electron chi connectivity index (χ1n) is 5.89. The van der Waals surface area contributed by atoms with Gasteiger partial charge in [0.2, 0.25) is 5.91 Å². The van der Waals surface area contributed by atoms with Gasteiger partial charge in [0.05, 0.1) is 5.92 Å². The summed E-state index contributed by atoms with van der Waals surface area (Å²) < 4.78 is 0. The van der Waals surface area contributed by atoms with E-state index in [-0.39, 0.29) is 12.3 Å². The fourth-order valence-corrected chi connectivity index (χ4v) is 1.70. The summed E-state index contributed by atoms with van der Waals surface area (Å²) in [6.07, 6.45) is 0.0131. The molecule has 0 heterocycles. The molecular formula is C14H19NO3. The Hall–Kier alpha value is -1.84. The summed E-state index contributed by atoms with van der Waals surface area (Å²) in [7, 11) is 1.68. The second-order valence-corrected chi connectivity index (χ2v) is 4.69. The van der Waals surface area contributed by atoms with E-state index in [0.717, 1.165) is 16.8 Å². The summed E-state index contributed by atoms with van der Waals surface area (Å²) in [5.74, 6) is -1.79. The SMILES string of the molecule is Cc1ccc(C)c(N(C)C(=O)CC(C)C(=O)O)c1. The van der Waals surface area contributed by atoms with Crippen LogP contribution in [0.1, 0.15) is 24.5 Å². The molecule has 1 aromatic carbocycles. The van der Waals surface area contributed by atoms with E-state index in [4.69, 9.17) is 5.11 Å². The maximum atomic E-state index is 12.0. The van der Waals surface area contributed by atoms with Crippen LogP contribution in [-0.2, 0) is 9.59 Å². The Kier molecular flexibility index (Phi) is 4.48. The first-order chi connectivity index (χ1) is 8.32. The van der Waals surface area contributed by atoms with Gasteiger partial charge >= 0.3 is 5.97 Å². The molecule has 98 valence electrons. The minimum atomic E-state index is -0.947. The van der Waals surface area contributed by atoms with Gasteiger partial charge in [0.25, 0.3) is 0 Å². The monoisotopic (exact) mass is 249 g/mol. The molecule has 0 aromatic heterocycles. The third-order valence-corrected chi connectivity index (χ3v) is 3.00. The van der Waals surface area contributed by atoms with Crippen LogP contribution in [0.3, 0.4) is 0 Å².